The Labute approximate surface area is 112 Å². The maximum absolute atomic E-state index is 10.5. The van der Waals surface area contributed by atoms with E-state index in [1.165, 1.54) is 0 Å². The third-order valence-electron chi connectivity index (χ3n) is 4.21. The van der Waals surface area contributed by atoms with Gasteiger partial charge in [-0.2, -0.15) is 0 Å². The fourth-order valence-corrected chi connectivity index (χ4v) is 3.08. The van der Waals surface area contributed by atoms with Gasteiger partial charge >= 0.3 is 0 Å². The number of phenolic OH excluding ortho intramolecular Hbond substituents is 1. The molecule has 0 saturated heterocycles. The van der Waals surface area contributed by atoms with Crippen molar-refractivity contribution >= 4 is 5.69 Å². The third-order valence-corrected chi connectivity index (χ3v) is 4.21. The average Bonchev–Trinajstić information content (AvgIpc) is 2.64. The molecule has 0 amide bonds. The molecule has 3 rings (SSSR count). The molecule has 0 aromatic heterocycles. The van der Waals surface area contributed by atoms with Crippen LogP contribution in [-0.2, 0) is 12.8 Å². The third kappa shape index (κ3) is 1.93. The summed E-state index contributed by atoms with van der Waals surface area (Å²) in [4.78, 5) is 2.15. The Morgan fingerprint density at radius 3 is 3.05 bits per heavy atom. The van der Waals surface area contributed by atoms with Gasteiger partial charge in [0.05, 0.1) is 12.2 Å². The zero-order valence-electron chi connectivity index (χ0n) is 11.1. The van der Waals surface area contributed by atoms with Crippen LogP contribution in [0.1, 0.15) is 17.5 Å². The zero-order valence-corrected chi connectivity index (χ0v) is 11.1. The topological polar surface area (TPSA) is 79.0 Å². The van der Waals surface area contributed by atoms with Crippen LogP contribution in [0.5, 0.6) is 11.5 Å². The Hall–Kier alpha value is -1.46. The minimum absolute atomic E-state index is 0.172. The number of benzene rings is 1. The Balaban J connectivity index is 2.16. The predicted molar refractivity (Wildman–Crippen MR) is 72.9 cm³/mol. The summed E-state index contributed by atoms with van der Waals surface area (Å²) in [6.07, 6.45) is 1.82. The molecule has 5 nitrogen and oxygen atoms in total. The number of anilines is 1. The van der Waals surface area contributed by atoms with Crippen molar-refractivity contribution in [1.29, 1.82) is 0 Å². The van der Waals surface area contributed by atoms with E-state index in [-0.39, 0.29) is 12.3 Å². The maximum atomic E-state index is 10.5. The summed E-state index contributed by atoms with van der Waals surface area (Å²) in [6.45, 7) is 1.49. The smallest absolute Gasteiger partial charge is 0.166 e. The van der Waals surface area contributed by atoms with Crippen molar-refractivity contribution in [3.63, 3.8) is 0 Å². The first kappa shape index (κ1) is 12.6. The second-order valence-electron chi connectivity index (χ2n) is 5.59. The molecule has 2 aliphatic rings. The Morgan fingerprint density at radius 1 is 1.53 bits per heavy atom. The van der Waals surface area contributed by atoms with E-state index in [0.29, 0.717) is 25.2 Å². The highest BCUT2D eigenvalue weighted by Gasteiger charge is 2.35. The fourth-order valence-electron chi connectivity index (χ4n) is 3.08. The summed E-state index contributed by atoms with van der Waals surface area (Å²) in [5, 5.41) is 20.6. The lowest BCUT2D eigenvalue weighted by Gasteiger charge is -2.26. The van der Waals surface area contributed by atoms with Crippen molar-refractivity contribution in [2.24, 2.45) is 5.73 Å². The van der Waals surface area contributed by atoms with E-state index < -0.39 is 5.60 Å². The van der Waals surface area contributed by atoms with Gasteiger partial charge in [0.2, 0.25) is 0 Å². The van der Waals surface area contributed by atoms with E-state index in [1.54, 1.807) is 6.07 Å². The van der Waals surface area contributed by atoms with Gasteiger partial charge in [-0.05, 0) is 18.1 Å². The first-order chi connectivity index (χ1) is 9.04. The highest BCUT2D eigenvalue weighted by Crippen LogP contribution is 2.45. The number of aliphatic hydroxyl groups is 1. The SMILES string of the molecule is CN1CCc2cc(O)c3c(c21)CC(O)(CN)CCO3. The molecule has 0 spiro atoms. The maximum Gasteiger partial charge on any atom is 0.166 e. The van der Waals surface area contributed by atoms with Crippen molar-refractivity contribution in [1.82, 2.24) is 0 Å². The molecule has 0 saturated carbocycles. The molecular weight excluding hydrogens is 244 g/mol. The van der Waals surface area contributed by atoms with Crippen LogP contribution in [-0.4, -0.2) is 42.6 Å². The summed E-state index contributed by atoms with van der Waals surface area (Å²) in [5.41, 5.74) is 7.84. The summed E-state index contributed by atoms with van der Waals surface area (Å²) >= 11 is 0. The number of hydrogen-bond donors (Lipinski definition) is 3. The van der Waals surface area contributed by atoms with Crippen LogP contribution >= 0.6 is 0 Å². The van der Waals surface area contributed by atoms with Crippen molar-refractivity contribution in [3.05, 3.63) is 17.2 Å². The first-order valence-electron chi connectivity index (χ1n) is 6.68. The molecule has 2 heterocycles. The van der Waals surface area contributed by atoms with Crippen molar-refractivity contribution in [2.75, 3.05) is 31.6 Å². The van der Waals surface area contributed by atoms with Crippen molar-refractivity contribution in [3.8, 4) is 11.5 Å². The number of likely N-dealkylation sites (N-methyl/N-ethyl adjacent to an activating group) is 1. The Bertz CT molecular complexity index is 518. The molecule has 1 aromatic rings. The Morgan fingerprint density at radius 2 is 2.32 bits per heavy atom. The first-order valence-corrected chi connectivity index (χ1v) is 6.68. The van der Waals surface area contributed by atoms with Gasteiger partial charge in [-0.1, -0.05) is 0 Å². The number of phenols is 1. The number of nitrogens with zero attached hydrogens (tertiary/aromatic N) is 1. The van der Waals surface area contributed by atoms with Crippen LogP contribution in [0.3, 0.4) is 0 Å². The van der Waals surface area contributed by atoms with Crippen LogP contribution in [0, 0.1) is 0 Å². The van der Waals surface area contributed by atoms with Gasteiger partial charge in [-0.15, -0.1) is 0 Å². The number of hydrogen-bond acceptors (Lipinski definition) is 5. The molecule has 19 heavy (non-hydrogen) atoms. The standard InChI is InChI=1S/C14H20N2O3/c1-16-4-2-9-6-11(17)13-10(12(9)16)7-14(18,8-15)3-5-19-13/h6,17-18H,2-5,7-8,15H2,1H3. The average molecular weight is 264 g/mol. The lowest BCUT2D eigenvalue weighted by molar-refractivity contribution is 0.0346. The summed E-state index contributed by atoms with van der Waals surface area (Å²) in [5.74, 6) is 0.683. The minimum Gasteiger partial charge on any atom is -0.504 e. The number of ether oxygens (including phenoxy) is 1. The second-order valence-corrected chi connectivity index (χ2v) is 5.59. The predicted octanol–water partition coefficient (Wildman–Crippen LogP) is 0.399. The quantitative estimate of drug-likeness (QED) is 0.684. The lowest BCUT2D eigenvalue weighted by Crippen LogP contribution is -2.40. The lowest BCUT2D eigenvalue weighted by atomic mass is 9.90. The minimum atomic E-state index is -0.948. The van der Waals surface area contributed by atoms with Gasteiger partial charge < -0.3 is 25.6 Å². The monoisotopic (exact) mass is 264 g/mol. The molecular formula is C14H20N2O3. The Kier molecular flexibility index (Phi) is 2.83. The summed E-state index contributed by atoms with van der Waals surface area (Å²) in [6, 6.07) is 1.78. The molecule has 1 unspecified atom stereocenters. The normalized spacial score (nSPS) is 25.5. The van der Waals surface area contributed by atoms with Gasteiger partial charge in [-0.25, -0.2) is 0 Å². The highest BCUT2D eigenvalue weighted by molar-refractivity contribution is 5.71. The molecule has 0 fully saturated rings. The molecule has 104 valence electrons. The molecule has 2 aliphatic heterocycles. The van der Waals surface area contributed by atoms with E-state index in [0.717, 1.165) is 29.8 Å². The molecule has 4 N–H and O–H groups in total. The highest BCUT2D eigenvalue weighted by atomic mass is 16.5. The molecule has 0 bridgehead atoms. The van der Waals surface area contributed by atoms with Gasteiger partial charge in [0.1, 0.15) is 0 Å². The largest absolute Gasteiger partial charge is 0.504 e. The number of aromatic hydroxyl groups is 1. The van der Waals surface area contributed by atoms with Crippen molar-refractivity contribution < 1.29 is 14.9 Å². The van der Waals surface area contributed by atoms with Crippen LogP contribution in [0.2, 0.25) is 0 Å². The number of nitrogens with two attached hydrogens (primary N) is 1. The van der Waals surface area contributed by atoms with E-state index >= 15 is 0 Å². The van der Waals surface area contributed by atoms with Crippen LogP contribution in [0.4, 0.5) is 5.69 Å². The zero-order chi connectivity index (χ0) is 13.6. The second kappa shape index (κ2) is 4.28. The van der Waals surface area contributed by atoms with Gasteiger partial charge in [0, 0.05) is 44.2 Å². The summed E-state index contributed by atoms with van der Waals surface area (Å²) < 4.78 is 5.66. The van der Waals surface area contributed by atoms with Crippen molar-refractivity contribution in [2.45, 2.75) is 24.9 Å². The van der Waals surface area contributed by atoms with Gasteiger partial charge in [0.15, 0.2) is 11.5 Å². The van der Waals surface area contributed by atoms with Gasteiger partial charge in [0.25, 0.3) is 0 Å². The van der Waals surface area contributed by atoms with E-state index in [9.17, 15) is 10.2 Å². The molecule has 5 heteroatoms. The van der Waals surface area contributed by atoms with E-state index in [2.05, 4.69) is 4.90 Å². The van der Waals surface area contributed by atoms with Gasteiger partial charge in [-0.3, -0.25) is 0 Å². The molecule has 0 radical (unpaired) electrons. The van der Waals surface area contributed by atoms with Crippen LogP contribution in [0.15, 0.2) is 6.07 Å². The summed E-state index contributed by atoms with van der Waals surface area (Å²) in [7, 11) is 2.02. The van der Waals surface area contributed by atoms with E-state index in [4.69, 9.17) is 10.5 Å². The number of rotatable bonds is 1. The van der Waals surface area contributed by atoms with Crippen LogP contribution in [0.25, 0.3) is 0 Å². The molecule has 1 aromatic carbocycles. The van der Waals surface area contributed by atoms with E-state index in [1.807, 2.05) is 7.05 Å². The fraction of sp³-hybridized carbons (Fsp3) is 0.571. The number of fused-ring (bicyclic) bond motifs is 3. The molecule has 0 aliphatic carbocycles. The molecule has 1 atom stereocenters. The van der Waals surface area contributed by atoms with Crippen LogP contribution < -0.4 is 15.4 Å².